The van der Waals surface area contributed by atoms with Crippen molar-refractivity contribution in [3.05, 3.63) is 0 Å². The zero-order valence-corrected chi connectivity index (χ0v) is 12.9. The van der Waals surface area contributed by atoms with Crippen molar-refractivity contribution in [3.8, 4) is 0 Å². The molecule has 1 heterocycles. The summed E-state index contributed by atoms with van der Waals surface area (Å²) in [6.45, 7) is 4.21. The summed E-state index contributed by atoms with van der Waals surface area (Å²) < 4.78 is 0. The highest BCUT2D eigenvalue weighted by atomic mass is 16.4. The molecular weight excluding hydrogens is 268 g/mol. The van der Waals surface area contributed by atoms with Crippen LogP contribution in [0.5, 0.6) is 0 Å². The van der Waals surface area contributed by atoms with Crippen molar-refractivity contribution in [2.24, 2.45) is 5.92 Å². The van der Waals surface area contributed by atoms with Crippen molar-refractivity contribution >= 4 is 11.9 Å². The van der Waals surface area contributed by atoms with E-state index >= 15 is 0 Å². The van der Waals surface area contributed by atoms with Crippen LogP contribution in [0.15, 0.2) is 0 Å². The highest BCUT2D eigenvalue weighted by Gasteiger charge is 2.24. The van der Waals surface area contributed by atoms with Crippen LogP contribution in [0.3, 0.4) is 0 Å². The summed E-state index contributed by atoms with van der Waals surface area (Å²) in [5.74, 6) is 0.211. The van der Waals surface area contributed by atoms with Gasteiger partial charge < -0.3 is 10.0 Å². The van der Waals surface area contributed by atoms with Crippen LogP contribution in [0.1, 0.15) is 51.4 Å². The van der Waals surface area contributed by atoms with E-state index in [0.29, 0.717) is 18.2 Å². The van der Waals surface area contributed by atoms with Crippen molar-refractivity contribution < 1.29 is 14.7 Å². The lowest BCUT2D eigenvalue weighted by atomic mass is 9.86. The van der Waals surface area contributed by atoms with Crippen molar-refractivity contribution in [3.63, 3.8) is 0 Å². The van der Waals surface area contributed by atoms with Crippen LogP contribution in [0.25, 0.3) is 0 Å². The number of hydrogen-bond acceptors (Lipinski definition) is 3. The average molecular weight is 296 g/mol. The van der Waals surface area contributed by atoms with Gasteiger partial charge in [0.1, 0.15) is 0 Å². The molecule has 0 radical (unpaired) electrons. The van der Waals surface area contributed by atoms with Gasteiger partial charge >= 0.3 is 5.97 Å². The number of hydrogen-bond donors (Lipinski definition) is 1. The van der Waals surface area contributed by atoms with E-state index in [4.69, 9.17) is 5.11 Å². The molecule has 0 aromatic heterocycles. The number of carboxylic acids is 1. The summed E-state index contributed by atoms with van der Waals surface area (Å²) in [5, 5.41) is 8.64. The molecule has 0 aromatic rings. The molecule has 5 nitrogen and oxygen atoms in total. The molecule has 1 amide bonds. The largest absolute Gasteiger partial charge is 0.481 e. The van der Waals surface area contributed by atoms with Crippen LogP contribution in [-0.4, -0.2) is 59.5 Å². The number of aliphatic carboxylic acids is 1. The van der Waals surface area contributed by atoms with Gasteiger partial charge in [-0.25, -0.2) is 0 Å². The second-order valence-corrected chi connectivity index (χ2v) is 6.43. The molecule has 21 heavy (non-hydrogen) atoms. The van der Waals surface area contributed by atoms with E-state index in [0.717, 1.165) is 39.1 Å². The number of carboxylic acid groups (broad SMARTS) is 1. The van der Waals surface area contributed by atoms with E-state index in [1.165, 1.54) is 32.1 Å². The van der Waals surface area contributed by atoms with Crippen LogP contribution in [0.2, 0.25) is 0 Å². The zero-order valence-electron chi connectivity index (χ0n) is 12.9. The molecule has 2 aliphatic rings. The maximum Gasteiger partial charge on any atom is 0.303 e. The molecule has 0 aromatic carbocycles. The molecule has 2 rings (SSSR count). The highest BCUT2D eigenvalue weighted by Crippen LogP contribution is 2.27. The summed E-state index contributed by atoms with van der Waals surface area (Å²) in [4.78, 5) is 27.1. The fourth-order valence-corrected chi connectivity index (χ4v) is 3.44. The Labute approximate surface area is 127 Å². The SMILES string of the molecule is O=C(O)CCCN1CCN(C(=O)CC2CCCCC2)CC1. The normalized spacial score (nSPS) is 21.4. The van der Waals surface area contributed by atoms with E-state index in [1.54, 1.807) is 0 Å². The lowest BCUT2D eigenvalue weighted by molar-refractivity contribution is -0.137. The molecule has 5 heteroatoms. The molecule has 1 aliphatic carbocycles. The topological polar surface area (TPSA) is 60.9 Å². The molecule has 0 unspecified atom stereocenters. The molecule has 1 saturated carbocycles. The number of carbonyl (C=O) groups is 2. The molecule has 0 bridgehead atoms. The number of nitrogens with zero attached hydrogens (tertiary/aromatic N) is 2. The third-order valence-electron chi connectivity index (χ3n) is 4.78. The Balaban J connectivity index is 1.63. The number of amides is 1. The van der Waals surface area contributed by atoms with Crippen molar-refractivity contribution in [1.82, 2.24) is 9.80 Å². The lowest BCUT2D eigenvalue weighted by Gasteiger charge is -2.35. The molecule has 1 saturated heterocycles. The number of piperazine rings is 1. The third-order valence-corrected chi connectivity index (χ3v) is 4.78. The van der Waals surface area contributed by atoms with E-state index < -0.39 is 5.97 Å². The van der Waals surface area contributed by atoms with Crippen LogP contribution in [0.4, 0.5) is 0 Å². The lowest BCUT2D eigenvalue weighted by Crippen LogP contribution is -2.49. The van der Waals surface area contributed by atoms with Crippen LogP contribution >= 0.6 is 0 Å². The van der Waals surface area contributed by atoms with Crippen LogP contribution < -0.4 is 0 Å². The quantitative estimate of drug-likeness (QED) is 0.814. The average Bonchev–Trinajstić information content (AvgIpc) is 2.48. The standard InChI is InChI=1S/C16H28N2O3/c19-15(13-14-5-2-1-3-6-14)18-11-9-17(10-12-18)8-4-7-16(20)21/h14H,1-13H2,(H,20,21). The van der Waals surface area contributed by atoms with Gasteiger partial charge in [-0.3, -0.25) is 14.5 Å². The van der Waals surface area contributed by atoms with Crippen molar-refractivity contribution in [2.45, 2.75) is 51.4 Å². The maximum atomic E-state index is 12.3. The minimum absolute atomic E-state index is 0.237. The molecule has 0 spiro atoms. The van der Waals surface area contributed by atoms with E-state index in [-0.39, 0.29) is 6.42 Å². The summed E-state index contributed by atoms with van der Waals surface area (Å²) in [7, 11) is 0. The predicted octanol–water partition coefficient (Wildman–Crippen LogP) is 1.97. The summed E-state index contributed by atoms with van der Waals surface area (Å²) >= 11 is 0. The Bertz CT molecular complexity index is 345. The van der Waals surface area contributed by atoms with Gasteiger partial charge in [0.2, 0.25) is 5.91 Å². The number of carbonyl (C=O) groups excluding carboxylic acids is 1. The van der Waals surface area contributed by atoms with Gasteiger partial charge in [-0.2, -0.15) is 0 Å². The summed E-state index contributed by atoms with van der Waals surface area (Å²) in [6.07, 6.45) is 8.03. The van der Waals surface area contributed by atoms with Gasteiger partial charge in [-0.15, -0.1) is 0 Å². The number of rotatable bonds is 6. The highest BCUT2D eigenvalue weighted by molar-refractivity contribution is 5.76. The Kier molecular flexibility index (Phi) is 6.49. The molecule has 1 aliphatic heterocycles. The Morgan fingerprint density at radius 1 is 1.00 bits per heavy atom. The van der Waals surface area contributed by atoms with Gasteiger partial charge in [0, 0.05) is 39.0 Å². The monoisotopic (exact) mass is 296 g/mol. The molecule has 1 N–H and O–H groups in total. The van der Waals surface area contributed by atoms with E-state index in [1.807, 2.05) is 4.90 Å². The van der Waals surface area contributed by atoms with Crippen LogP contribution in [0, 0.1) is 5.92 Å². The Hall–Kier alpha value is -1.10. The first-order valence-corrected chi connectivity index (χ1v) is 8.37. The van der Waals surface area contributed by atoms with E-state index in [9.17, 15) is 9.59 Å². The molecular formula is C16H28N2O3. The predicted molar refractivity (Wildman–Crippen MR) is 81.1 cm³/mol. The summed E-state index contributed by atoms with van der Waals surface area (Å²) in [6, 6.07) is 0. The van der Waals surface area contributed by atoms with Gasteiger partial charge in [-0.05, 0) is 31.7 Å². The summed E-state index contributed by atoms with van der Waals surface area (Å²) in [5.41, 5.74) is 0. The Morgan fingerprint density at radius 3 is 2.29 bits per heavy atom. The first-order valence-electron chi connectivity index (χ1n) is 8.37. The fraction of sp³-hybridized carbons (Fsp3) is 0.875. The van der Waals surface area contributed by atoms with Gasteiger partial charge in [0.15, 0.2) is 0 Å². The second-order valence-electron chi connectivity index (χ2n) is 6.43. The van der Waals surface area contributed by atoms with E-state index in [2.05, 4.69) is 4.90 Å². The minimum Gasteiger partial charge on any atom is -0.481 e. The van der Waals surface area contributed by atoms with Gasteiger partial charge in [0.05, 0.1) is 0 Å². The molecule has 120 valence electrons. The second kappa shape index (κ2) is 8.37. The van der Waals surface area contributed by atoms with Crippen molar-refractivity contribution in [1.29, 1.82) is 0 Å². The van der Waals surface area contributed by atoms with Gasteiger partial charge in [-0.1, -0.05) is 19.3 Å². The first-order chi connectivity index (χ1) is 10.1. The minimum atomic E-state index is -0.726. The maximum absolute atomic E-state index is 12.3. The third kappa shape index (κ3) is 5.65. The Morgan fingerprint density at radius 2 is 1.67 bits per heavy atom. The van der Waals surface area contributed by atoms with Crippen LogP contribution in [-0.2, 0) is 9.59 Å². The smallest absolute Gasteiger partial charge is 0.303 e. The zero-order chi connectivity index (χ0) is 15.1. The van der Waals surface area contributed by atoms with Gasteiger partial charge in [0.25, 0.3) is 0 Å². The molecule has 2 fully saturated rings. The van der Waals surface area contributed by atoms with Crippen molar-refractivity contribution in [2.75, 3.05) is 32.7 Å². The fourth-order valence-electron chi connectivity index (χ4n) is 3.44. The molecule has 0 atom stereocenters. The first kappa shape index (κ1) is 16.3.